The van der Waals surface area contributed by atoms with Gasteiger partial charge in [-0.05, 0) is 31.5 Å². The number of carbonyl (C=O) groups is 1. The van der Waals surface area contributed by atoms with Crippen LogP contribution in [0.4, 0.5) is 5.69 Å². The Morgan fingerprint density at radius 1 is 1.20 bits per heavy atom. The quantitative estimate of drug-likeness (QED) is 0.340. The second-order valence-corrected chi connectivity index (χ2v) is 9.92. The fraction of sp³-hybridized carbons (Fsp3) is 0.238. The smallest absolute Gasteiger partial charge is 0.262 e. The van der Waals surface area contributed by atoms with E-state index in [1.165, 1.54) is 23.1 Å². The molecule has 1 amide bonds. The van der Waals surface area contributed by atoms with Crippen LogP contribution in [-0.2, 0) is 24.0 Å². The van der Waals surface area contributed by atoms with Gasteiger partial charge in [-0.1, -0.05) is 30.0 Å². The largest absolute Gasteiger partial charge is 0.326 e. The van der Waals surface area contributed by atoms with Crippen LogP contribution >= 0.6 is 34.4 Å². The Hall–Kier alpha value is -2.49. The first kappa shape index (κ1) is 20.8. The third-order valence-corrected chi connectivity index (χ3v) is 7.75. The van der Waals surface area contributed by atoms with Crippen LogP contribution in [-0.4, -0.2) is 20.4 Å². The zero-order valence-corrected chi connectivity index (χ0v) is 19.2. The number of hydrogen-bond acceptors (Lipinski definition) is 7. The molecule has 0 atom stereocenters. The monoisotopic (exact) mass is 456 g/mol. The zero-order valence-electron chi connectivity index (χ0n) is 16.8. The van der Waals surface area contributed by atoms with Gasteiger partial charge in [-0.2, -0.15) is 0 Å². The van der Waals surface area contributed by atoms with Crippen LogP contribution in [0.5, 0.6) is 0 Å². The van der Waals surface area contributed by atoms with Gasteiger partial charge in [-0.25, -0.2) is 9.97 Å². The van der Waals surface area contributed by atoms with Crippen molar-refractivity contribution in [3.63, 3.8) is 0 Å². The number of rotatable bonds is 6. The van der Waals surface area contributed by atoms with Crippen molar-refractivity contribution >= 4 is 56.2 Å². The number of thioether (sulfide) groups is 1. The Balaban J connectivity index is 1.43. The van der Waals surface area contributed by atoms with Crippen molar-refractivity contribution in [1.82, 2.24) is 14.5 Å². The third-order valence-electron chi connectivity index (χ3n) is 4.69. The first-order chi connectivity index (χ1) is 14.4. The van der Waals surface area contributed by atoms with Gasteiger partial charge in [-0.15, -0.1) is 22.7 Å². The number of hydrogen-bond donors (Lipinski definition) is 1. The van der Waals surface area contributed by atoms with E-state index in [4.69, 9.17) is 4.98 Å². The average molecular weight is 457 g/mol. The minimum absolute atomic E-state index is 0.0131. The predicted octanol–water partition coefficient (Wildman–Crippen LogP) is 4.54. The molecule has 4 aromatic rings. The molecule has 0 saturated carbocycles. The van der Waals surface area contributed by atoms with Crippen molar-refractivity contribution in [2.24, 2.45) is 7.05 Å². The highest BCUT2D eigenvalue weighted by atomic mass is 32.2. The summed E-state index contributed by atoms with van der Waals surface area (Å²) in [6.45, 7) is 3.98. The molecule has 9 heteroatoms. The van der Waals surface area contributed by atoms with E-state index < -0.39 is 0 Å². The number of nitrogens with one attached hydrogen (secondary N) is 1. The first-order valence-electron chi connectivity index (χ1n) is 9.30. The van der Waals surface area contributed by atoms with Gasteiger partial charge < -0.3 is 5.32 Å². The maximum Gasteiger partial charge on any atom is 0.262 e. The Labute approximate surface area is 186 Å². The van der Waals surface area contributed by atoms with Gasteiger partial charge in [0.25, 0.3) is 5.56 Å². The Bertz CT molecular complexity index is 1270. The molecular formula is C21H20N4O2S3. The minimum Gasteiger partial charge on any atom is -0.326 e. The Morgan fingerprint density at radius 2 is 1.97 bits per heavy atom. The highest BCUT2D eigenvalue weighted by Crippen LogP contribution is 2.29. The molecule has 3 aromatic heterocycles. The molecule has 0 saturated heterocycles. The Morgan fingerprint density at radius 3 is 2.73 bits per heavy atom. The first-order valence-corrected chi connectivity index (χ1v) is 12.0. The molecule has 3 heterocycles. The van der Waals surface area contributed by atoms with Crippen LogP contribution in [0.2, 0.25) is 0 Å². The average Bonchev–Trinajstić information content (AvgIpc) is 3.28. The summed E-state index contributed by atoms with van der Waals surface area (Å²) in [7, 11) is 1.75. The highest BCUT2D eigenvalue weighted by molar-refractivity contribution is 7.98. The molecule has 30 heavy (non-hydrogen) atoms. The van der Waals surface area contributed by atoms with E-state index in [2.05, 4.69) is 10.3 Å². The summed E-state index contributed by atoms with van der Waals surface area (Å²) in [6.07, 6.45) is 0.237. The van der Waals surface area contributed by atoms with Gasteiger partial charge in [0.15, 0.2) is 5.16 Å². The molecule has 0 aliphatic carbocycles. The third kappa shape index (κ3) is 4.33. The van der Waals surface area contributed by atoms with Gasteiger partial charge in [-0.3, -0.25) is 14.2 Å². The summed E-state index contributed by atoms with van der Waals surface area (Å²) in [6, 6.07) is 9.38. The molecule has 0 aliphatic heterocycles. The summed E-state index contributed by atoms with van der Waals surface area (Å²) in [5.74, 6) is 0.499. The van der Waals surface area contributed by atoms with Gasteiger partial charge in [0.1, 0.15) is 9.84 Å². The normalized spacial score (nSPS) is 11.2. The standard InChI is InChI=1S/C21H20N4O2S3/c1-12-13(2)30-19-18(12)20(27)25(3)21(24-19)29-11-15-10-28-17(23-15)9-16(26)22-14-7-5-4-6-8-14/h4-8,10H,9,11H2,1-3H3,(H,22,26). The second-order valence-electron chi connectivity index (χ2n) is 6.83. The maximum absolute atomic E-state index is 12.7. The predicted molar refractivity (Wildman–Crippen MR) is 125 cm³/mol. The number of para-hydroxylation sites is 1. The van der Waals surface area contributed by atoms with Crippen LogP contribution in [0.15, 0.2) is 45.7 Å². The molecule has 1 N–H and O–H groups in total. The molecule has 4 rings (SSSR count). The summed E-state index contributed by atoms with van der Waals surface area (Å²) in [5.41, 5.74) is 2.65. The molecule has 0 bridgehead atoms. The van der Waals surface area contributed by atoms with E-state index in [1.54, 1.807) is 23.0 Å². The summed E-state index contributed by atoms with van der Waals surface area (Å²) in [4.78, 5) is 36.1. The van der Waals surface area contributed by atoms with Crippen molar-refractivity contribution in [1.29, 1.82) is 0 Å². The summed E-state index contributed by atoms with van der Waals surface area (Å²) >= 11 is 4.50. The van der Waals surface area contributed by atoms with Crippen LogP contribution in [0, 0.1) is 13.8 Å². The number of aromatic nitrogens is 3. The van der Waals surface area contributed by atoms with E-state index in [-0.39, 0.29) is 17.9 Å². The van der Waals surface area contributed by atoms with Gasteiger partial charge >= 0.3 is 0 Å². The van der Waals surface area contributed by atoms with Crippen LogP contribution in [0.3, 0.4) is 0 Å². The lowest BCUT2D eigenvalue weighted by molar-refractivity contribution is -0.115. The van der Waals surface area contributed by atoms with E-state index in [9.17, 15) is 9.59 Å². The van der Waals surface area contributed by atoms with E-state index in [0.29, 0.717) is 16.3 Å². The van der Waals surface area contributed by atoms with Crippen molar-refractivity contribution in [3.05, 3.63) is 67.2 Å². The van der Waals surface area contributed by atoms with Crippen molar-refractivity contribution in [2.75, 3.05) is 5.32 Å². The van der Waals surface area contributed by atoms with E-state index >= 15 is 0 Å². The van der Waals surface area contributed by atoms with Crippen LogP contribution < -0.4 is 10.9 Å². The number of benzene rings is 1. The lowest BCUT2D eigenvalue weighted by Gasteiger charge is -2.06. The highest BCUT2D eigenvalue weighted by Gasteiger charge is 2.15. The zero-order chi connectivity index (χ0) is 21.3. The van der Waals surface area contributed by atoms with Gasteiger partial charge in [0.05, 0.1) is 17.5 Å². The number of carbonyl (C=O) groups excluding carboxylic acids is 1. The molecule has 0 unspecified atom stereocenters. The van der Waals surface area contributed by atoms with Crippen LogP contribution in [0.25, 0.3) is 10.2 Å². The van der Waals surface area contributed by atoms with Crippen LogP contribution in [0.1, 0.15) is 21.1 Å². The molecule has 0 spiro atoms. The minimum atomic E-state index is -0.0901. The number of aryl methyl sites for hydroxylation is 2. The van der Waals surface area contributed by atoms with Gasteiger partial charge in [0.2, 0.25) is 5.91 Å². The van der Waals surface area contributed by atoms with Crippen molar-refractivity contribution in [3.8, 4) is 0 Å². The number of fused-ring (bicyclic) bond motifs is 1. The van der Waals surface area contributed by atoms with E-state index in [0.717, 1.165) is 31.7 Å². The van der Waals surface area contributed by atoms with Crippen molar-refractivity contribution in [2.45, 2.75) is 31.2 Å². The van der Waals surface area contributed by atoms with Gasteiger partial charge in [0, 0.05) is 28.7 Å². The summed E-state index contributed by atoms with van der Waals surface area (Å²) < 4.78 is 1.60. The number of anilines is 1. The fourth-order valence-electron chi connectivity index (χ4n) is 2.98. The summed E-state index contributed by atoms with van der Waals surface area (Å²) in [5, 5.41) is 6.97. The number of amides is 1. The molecular weight excluding hydrogens is 436 g/mol. The Kier molecular flexibility index (Phi) is 6.03. The molecule has 1 aromatic carbocycles. The topological polar surface area (TPSA) is 76.9 Å². The number of nitrogens with zero attached hydrogens (tertiary/aromatic N) is 3. The number of thiophene rings is 1. The molecule has 154 valence electrons. The van der Waals surface area contributed by atoms with E-state index in [1.807, 2.05) is 49.6 Å². The number of thiazole rings is 1. The maximum atomic E-state index is 12.7. The fourth-order valence-corrected chi connectivity index (χ4v) is 5.82. The van der Waals surface area contributed by atoms with Crippen molar-refractivity contribution < 1.29 is 4.79 Å². The molecule has 0 fully saturated rings. The lowest BCUT2D eigenvalue weighted by Crippen LogP contribution is -2.19. The molecule has 0 radical (unpaired) electrons. The SMILES string of the molecule is Cc1sc2nc(SCc3csc(CC(=O)Nc4ccccc4)n3)n(C)c(=O)c2c1C. The molecule has 0 aliphatic rings. The second kappa shape index (κ2) is 8.71. The lowest BCUT2D eigenvalue weighted by atomic mass is 10.2. The molecule has 6 nitrogen and oxygen atoms in total.